The topological polar surface area (TPSA) is 124 Å². The van der Waals surface area contributed by atoms with Crippen molar-refractivity contribution >= 4 is 34.2 Å². The Morgan fingerprint density at radius 3 is 1.40 bits per heavy atom. The van der Waals surface area contributed by atoms with Gasteiger partial charge in [0, 0.05) is 12.1 Å². The second kappa shape index (κ2) is 13.6. The summed E-state index contributed by atoms with van der Waals surface area (Å²) >= 11 is 0. The zero-order valence-electron chi connectivity index (χ0n) is 19.2. The molecule has 12 heteroatoms. The molecule has 0 fully saturated rings. The van der Waals surface area contributed by atoms with E-state index in [4.69, 9.17) is 0 Å². The number of hydrogen-bond donors (Lipinski definition) is 0. The van der Waals surface area contributed by atoms with Gasteiger partial charge in [-0.05, 0) is 52.0 Å². The number of nitrogens with zero attached hydrogens (tertiary/aromatic N) is 5. The molecule has 0 amide bonds. The van der Waals surface area contributed by atoms with Gasteiger partial charge in [0.25, 0.3) is 11.4 Å². The summed E-state index contributed by atoms with van der Waals surface area (Å²) in [4.78, 5) is 35.2. The molecule has 0 atom stereocenters. The number of aliphatic imine (C=N–C) groups is 2. The molecule has 184 valence electrons. The zero-order valence-corrected chi connectivity index (χ0v) is 21.8. The average Bonchev–Trinajstić information content (AvgIpc) is 2.76. The molecule has 1 heterocycles. The maximum absolute atomic E-state index is 11.2. The largest absolute Gasteiger partial charge is 2.00 e. The minimum Gasteiger partial charge on any atom is -1.00 e. The second-order valence-electron chi connectivity index (χ2n) is 7.16. The van der Waals surface area contributed by atoms with Crippen molar-refractivity contribution in [3.8, 4) is 0 Å². The third kappa shape index (κ3) is 7.40. The van der Waals surface area contributed by atoms with Crippen molar-refractivity contribution < 1.29 is 51.7 Å². The van der Waals surface area contributed by atoms with Crippen LogP contribution in [0.1, 0.15) is 36.4 Å². The fourth-order valence-corrected chi connectivity index (χ4v) is 3.17. The van der Waals surface area contributed by atoms with Crippen molar-refractivity contribution in [1.29, 1.82) is 0 Å². The first-order valence-electron chi connectivity index (χ1n) is 9.75. The summed E-state index contributed by atoms with van der Waals surface area (Å²) in [7, 11) is 0. The van der Waals surface area contributed by atoms with E-state index in [2.05, 4.69) is 15.0 Å². The second-order valence-corrected chi connectivity index (χ2v) is 7.16. The molecular formula is C23H21Cl2FeN5O4. The maximum Gasteiger partial charge on any atom is 2.00 e. The molecule has 0 aliphatic carbocycles. The standard InChI is InChI=1S/C23H21N5O4.2ClH.Fe/c1-14-18(8-6-12-22(14)27(29)30)24-16(3)20-10-5-11-21(26-20)17(4)25-19-9-7-13-23(15(19)2)28(31)32;;;/h5-13H,1-4H3;2*1H;/q;;;+2/p-2. The molecule has 0 unspecified atom stereocenters. The van der Waals surface area contributed by atoms with Gasteiger partial charge in [-0.25, -0.2) is 4.98 Å². The smallest absolute Gasteiger partial charge is 1.00 e. The van der Waals surface area contributed by atoms with Crippen LogP contribution < -0.4 is 24.8 Å². The van der Waals surface area contributed by atoms with Crippen LogP contribution in [0.15, 0.2) is 64.6 Å². The Morgan fingerprint density at radius 1 is 0.714 bits per heavy atom. The van der Waals surface area contributed by atoms with Gasteiger partial charge in [-0.1, -0.05) is 18.2 Å². The molecule has 0 N–H and O–H groups in total. The van der Waals surface area contributed by atoms with Crippen LogP contribution in [-0.2, 0) is 17.1 Å². The summed E-state index contributed by atoms with van der Waals surface area (Å²) in [6.07, 6.45) is 0. The van der Waals surface area contributed by atoms with Gasteiger partial charge in [0.15, 0.2) is 0 Å². The van der Waals surface area contributed by atoms with Crippen LogP contribution in [0.25, 0.3) is 0 Å². The Hall–Kier alpha value is -3.17. The van der Waals surface area contributed by atoms with Crippen LogP contribution in [0.4, 0.5) is 22.7 Å². The third-order valence-electron chi connectivity index (χ3n) is 5.01. The number of nitro groups is 2. The quantitative estimate of drug-likeness (QED) is 0.180. The van der Waals surface area contributed by atoms with Crippen molar-refractivity contribution in [2.75, 3.05) is 0 Å². The fraction of sp³-hybridized carbons (Fsp3) is 0.174. The van der Waals surface area contributed by atoms with Crippen molar-refractivity contribution in [1.82, 2.24) is 4.98 Å². The van der Waals surface area contributed by atoms with E-state index >= 15 is 0 Å². The molecule has 0 aliphatic rings. The minimum absolute atomic E-state index is 0. The van der Waals surface area contributed by atoms with Crippen LogP contribution in [0.2, 0.25) is 0 Å². The Balaban J connectivity index is 0.00000385. The van der Waals surface area contributed by atoms with Gasteiger partial charge >= 0.3 is 17.1 Å². The summed E-state index contributed by atoms with van der Waals surface area (Å²) in [5.41, 5.74) is 4.36. The maximum atomic E-state index is 11.2. The van der Waals surface area contributed by atoms with Gasteiger partial charge in [-0.2, -0.15) is 0 Å². The van der Waals surface area contributed by atoms with Gasteiger partial charge < -0.3 is 24.8 Å². The van der Waals surface area contributed by atoms with Gasteiger partial charge in [-0.3, -0.25) is 30.2 Å². The summed E-state index contributed by atoms with van der Waals surface area (Å²) in [5.74, 6) is 0. The number of aromatic nitrogens is 1. The van der Waals surface area contributed by atoms with E-state index in [9.17, 15) is 20.2 Å². The van der Waals surface area contributed by atoms with Gasteiger partial charge in [-0.15, -0.1) is 0 Å². The van der Waals surface area contributed by atoms with E-state index in [-0.39, 0.29) is 53.3 Å². The molecule has 2 aromatic carbocycles. The molecule has 1 aromatic heterocycles. The number of benzene rings is 2. The molecule has 9 nitrogen and oxygen atoms in total. The zero-order chi connectivity index (χ0) is 23.4. The molecule has 0 saturated carbocycles. The molecule has 0 spiro atoms. The summed E-state index contributed by atoms with van der Waals surface area (Å²) in [5, 5.41) is 22.4. The van der Waals surface area contributed by atoms with Gasteiger partial charge in [0.05, 0.1) is 55.2 Å². The number of pyridine rings is 1. The molecule has 0 aliphatic heterocycles. The summed E-state index contributed by atoms with van der Waals surface area (Å²) in [6, 6.07) is 14.9. The number of halogens is 2. The van der Waals surface area contributed by atoms with E-state index in [0.717, 1.165) is 0 Å². The Labute approximate surface area is 225 Å². The Morgan fingerprint density at radius 2 is 1.06 bits per heavy atom. The normalized spacial score (nSPS) is 11.0. The van der Waals surface area contributed by atoms with Crippen molar-refractivity contribution in [2.45, 2.75) is 27.7 Å². The summed E-state index contributed by atoms with van der Waals surface area (Å²) < 4.78 is 0. The van der Waals surface area contributed by atoms with E-state index < -0.39 is 9.85 Å². The average molecular weight is 558 g/mol. The Kier molecular flexibility index (Phi) is 12.4. The van der Waals surface area contributed by atoms with Crippen LogP contribution in [0, 0.1) is 34.1 Å². The van der Waals surface area contributed by atoms with E-state index in [0.29, 0.717) is 45.3 Å². The van der Waals surface area contributed by atoms with Crippen LogP contribution in [0.3, 0.4) is 0 Å². The van der Waals surface area contributed by atoms with Crippen LogP contribution in [-0.4, -0.2) is 26.3 Å². The van der Waals surface area contributed by atoms with Crippen molar-refractivity contribution in [2.24, 2.45) is 9.98 Å². The first-order valence-corrected chi connectivity index (χ1v) is 9.75. The minimum atomic E-state index is -0.432. The fourth-order valence-electron chi connectivity index (χ4n) is 3.17. The number of nitro benzene ring substituents is 2. The molecule has 3 aromatic rings. The predicted octanol–water partition coefficient (Wildman–Crippen LogP) is -0.198. The first-order chi connectivity index (χ1) is 15.2. The molecule has 3 rings (SSSR count). The van der Waals surface area contributed by atoms with E-state index in [1.807, 2.05) is 6.07 Å². The third-order valence-corrected chi connectivity index (χ3v) is 5.01. The SMILES string of the molecule is CC(=Nc1cccc([N+](=O)[O-])c1C)c1cccc(C(C)=Nc2cccc([N+](=O)[O-])c2C)n1.[Cl-].[Cl-].[Fe+2]. The molecule has 35 heavy (non-hydrogen) atoms. The molecule has 0 radical (unpaired) electrons. The molecule has 0 bridgehead atoms. The van der Waals surface area contributed by atoms with E-state index in [1.54, 1.807) is 64.1 Å². The summed E-state index contributed by atoms with van der Waals surface area (Å²) in [6.45, 7) is 6.88. The number of hydrogen-bond acceptors (Lipinski definition) is 7. The van der Waals surface area contributed by atoms with Crippen molar-refractivity contribution in [3.63, 3.8) is 0 Å². The van der Waals surface area contributed by atoms with Crippen LogP contribution >= 0.6 is 0 Å². The van der Waals surface area contributed by atoms with Crippen molar-refractivity contribution in [3.05, 3.63) is 97.3 Å². The first kappa shape index (κ1) is 31.8. The van der Waals surface area contributed by atoms with Gasteiger partial charge in [0.1, 0.15) is 0 Å². The van der Waals surface area contributed by atoms with Crippen LogP contribution in [0.5, 0.6) is 0 Å². The molecular weight excluding hydrogens is 537 g/mol. The molecule has 0 saturated heterocycles. The monoisotopic (exact) mass is 557 g/mol. The van der Waals surface area contributed by atoms with E-state index in [1.165, 1.54) is 12.1 Å². The predicted molar refractivity (Wildman–Crippen MR) is 124 cm³/mol. The number of rotatable bonds is 6. The van der Waals surface area contributed by atoms with Gasteiger partial charge in [0.2, 0.25) is 0 Å². The Bertz CT molecular complexity index is 1200.